The smallest absolute Gasteiger partial charge is 0.265 e. The Hall–Kier alpha value is -3.13. The van der Waals surface area contributed by atoms with Crippen molar-refractivity contribution in [1.82, 2.24) is 19.8 Å². The van der Waals surface area contributed by atoms with E-state index in [1.54, 1.807) is 14.0 Å². The highest BCUT2D eigenvalue weighted by atomic mass is 16.3. The van der Waals surface area contributed by atoms with Crippen LogP contribution in [-0.2, 0) is 7.05 Å². The van der Waals surface area contributed by atoms with Crippen LogP contribution in [0, 0.1) is 13.8 Å². The molecule has 0 spiro atoms. The van der Waals surface area contributed by atoms with Crippen LogP contribution in [0.3, 0.4) is 0 Å². The normalized spacial score (nSPS) is 14.9. The van der Waals surface area contributed by atoms with E-state index in [-0.39, 0.29) is 28.1 Å². The van der Waals surface area contributed by atoms with Crippen molar-refractivity contribution in [3.05, 3.63) is 57.8 Å². The van der Waals surface area contributed by atoms with Gasteiger partial charge < -0.3 is 19.2 Å². The lowest BCUT2D eigenvalue weighted by atomic mass is 10.1. The first-order valence-corrected chi connectivity index (χ1v) is 10.7. The third kappa shape index (κ3) is 4.49. The lowest BCUT2D eigenvalue weighted by Crippen LogP contribution is -2.47. The topological polar surface area (TPSA) is 83.6 Å². The van der Waals surface area contributed by atoms with Gasteiger partial charge in [0.15, 0.2) is 0 Å². The number of aromatic nitrogens is 2. The summed E-state index contributed by atoms with van der Waals surface area (Å²) >= 11 is 0. The van der Waals surface area contributed by atoms with Crippen LogP contribution in [0.5, 0.6) is 0 Å². The third-order valence-electron chi connectivity index (χ3n) is 5.85. The molecule has 8 nitrogen and oxygen atoms in total. The lowest BCUT2D eigenvalue weighted by molar-refractivity contribution is 0.0951. The molecule has 3 heterocycles. The first-order valence-electron chi connectivity index (χ1n) is 10.7. The Morgan fingerprint density at radius 2 is 1.97 bits per heavy atom. The number of aryl methyl sites for hydroxylation is 3. The first kappa shape index (κ1) is 21.1. The van der Waals surface area contributed by atoms with Gasteiger partial charge >= 0.3 is 0 Å². The SMILES string of the molecule is Cc1cccc(N2CCN(CCCNC(=O)c3c(C)oc4ncn(C)c(=O)c34)CC2)c1. The Morgan fingerprint density at radius 1 is 1.19 bits per heavy atom. The van der Waals surface area contributed by atoms with Crippen molar-refractivity contribution in [3.63, 3.8) is 0 Å². The number of hydrogen-bond acceptors (Lipinski definition) is 6. The van der Waals surface area contributed by atoms with Crippen molar-refractivity contribution in [2.75, 3.05) is 44.2 Å². The standard InChI is InChI=1S/C23H29N5O3/c1-16-6-4-7-18(14-16)28-12-10-27(11-13-28)9-5-8-24-21(29)19-17(2)31-22-20(19)23(30)26(3)15-25-22/h4,6-7,14-15H,5,8-13H2,1-3H3,(H,24,29). The molecule has 0 aliphatic carbocycles. The molecular weight excluding hydrogens is 394 g/mol. The molecule has 1 aromatic carbocycles. The second kappa shape index (κ2) is 8.93. The molecule has 0 atom stereocenters. The van der Waals surface area contributed by atoms with Crippen molar-refractivity contribution in [2.45, 2.75) is 20.3 Å². The van der Waals surface area contributed by atoms with E-state index in [0.29, 0.717) is 12.3 Å². The van der Waals surface area contributed by atoms with Crippen molar-refractivity contribution in [2.24, 2.45) is 7.05 Å². The molecule has 2 aromatic heterocycles. The second-order valence-electron chi connectivity index (χ2n) is 8.15. The minimum atomic E-state index is -0.286. The summed E-state index contributed by atoms with van der Waals surface area (Å²) in [6.07, 6.45) is 2.25. The van der Waals surface area contributed by atoms with E-state index in [1.807, 2.05) is 0 Å². The summed E-state index contributed by atoms with van der Waals surface area (Å²) in [4.78, 5) is 34.1. The average molecular weight is 424 g/mol. The zero-order valence-corrected chi connectivity index (χ0v) is 18.4. The third-order valence-corrected chi connectivity index (χ3v) is 5.85. The van der Waals surface area contributed by atoms with Crippen LogP contribution in [0.1, 0.15) is 28.1 Å². The van der Waals surface area contributed by atoms with Gasteiger partial charge in [0.2, 0.25) is 5.71 Å². The lowest BCUT2D eigenvalue weighted by Gasteiger charge is -2.36. The molecule has 31 heavy (non-hydrogen) atoms. The van der Waals surface area contributed by atoms with E-state index in [0.717, 1.165) is 39.1 Å². The fraction of sp³-hybridized carbons (Fsp3) is 0.435. The number of furan rings is 1. The van der Waals surface area contributed by atoms with E-state index in [9.17, 15) is 9.59 Å². The number of amides is 1. The summed E-state index contributed by atoms with van der Waals surface area (Å²) in [7, 11) is 1.61. The Bertz CT molecular complexity index is 1140. The van der Waals surface area contributed by atoms with E-state index < -0.39 is 0 Å². The highest BCUT2D eigenvalue weighted by molar-refractivity contribution is 6.06. The van der Waals surface area contributed by atoms with Gasteiger partial charge in [0.05, 0.1) is 5.56 Å². The minimum Gasteiger partial charge on any atom is -0.442 e. The number of benzene rings is 1. The number of fused-ring (bicyclic) bond motifs is 1. The quantitative estimate of drug-likeness (QED) is 0.612. The average Bonchev–Trinajstić information content (AvgIpc) is 3.11. The molecule has 0 bridgehead atoms. The number of rotatable bonds is 6. The van der Waals surface area contributed by atoms with Gasteiger partial charge in [-0.1, -0.05) is 12.1 Å². The molecule has 0 radical (unpaired) electrons. The molecule has 1 saturated heterocycles. The fourth-order valence-electron chi connectivity index (χ4n) is 4.11. The Kier molecular flexibility index (Phi) is 6.08. The number of carbonyl (C=O) groups excluding carboxylic acids is 1. The Balaban J connectivity index is 1.27. The maximum Gasteiger partial charge on any atom is 0.265 e. The molecule has 1 aliphatic rings. The van der Waals surface area contributed by atoms with Gasteiger partial charge in [-0.05, 0) is 44.5 Å². The van der Waals surface area contributed by atoms with Gasteiger partial charge in [-0.15, -0.1) is 0 Å². The zero-order chi connectivity index (χ0) is 22.0. The Labute approximate surface area is 181 Å². The maximum absolute atomic E-state index is 12.7. The number of hydrogen-bond donors (Lipinski definition) is 1. The van der Waals surface area contributed by atoms with Gasteiger partial charge in [-0.2, -0.15) is 0 Å². The van der Waals surface area contributed by atoms with E-state index in [2.05, 4.69) is 51.3 Å². The molecule has 0 saturated carbocycles. The van der Waals surface area contributed by atoms with Crippen LogP contribution in [-0.4, -0.2) is 59.6 Å². The molecule has 1 amide bonds. The number of nitrogens with zero attached hydrogens (tertiary/aromatic N) is 4. The summed E-state index contributed by atoms with van der Waals surface area (Å²) in [5.74, 6) is 0.126. The predicted molar refractivity (Wildman–Crippen MR) is 121 cm³/mol. The Morgan fingerprint density at radius 3 is 2.71 bits per heavy atom. The van der Waals surface area contributed by atoms with Gasteiger partial charge in [0.1, 0.15) is 17.5 Å². The van der Waals surface area contributed by atoms with E-state index in [4.69, 9.17) is 4.42 Å². The minimum absolute atomic E-state index is 0.206. The highest BCUT2D eigenvalue weighted by Gasteiger charge is 2.22. The van der Waals surface area contributed by atoms with Crippen molar-refractivity contribution >= 4 is 22.7 Å². The molecule has 1 N–H and O–H groups in total. The zero-order valence-electron chi connectivity index (χ0n) is 18.4. The van der Waals surface area contributed by atoms with Crippen LogP contribution >= 0.6 is 0 Å². The van der Waals surface area contributed by atoms with Crippen LogP contribution in [0.4, 0.5) is 5.69 Å². The van der Waals surface area contributed by atoms with Gasteiger partial charge in [-0.25, -0.2) is 4.98 Å². The monoisotopic (exact) mass is 423 g/mol. The van der Waals surface area contributed by atoms with Crippen molar-refractivity contribution in [1.29, 1.82) is 0 Å². The fourth-order valence-corrected chi connectivity index (χ4v) is 4.11. The predicted octanol–water partition coefficient (Wildman–Crippen LogP) is 2.09. The summed E-state index contributed by atoms with van der Waals surface area (Å²) in [5, 5.41) is 3.18. The van der Waals surface area contributed by atoms with E-state index >= 15 is 0 Å². The van der Waals surface area contributed by atoms with Crippen LogP contribution in [0.15, 0.2) is 39.8 Å². The van der Waals surface area contributed by atoms with Crippen molar-refractivity contribution < 1.29 is 9.21 Å². The number of carbonyl (C=O) groups is 1. The number of anilines is 1. The van der Waals surface area contributed by atoms with Crippen molar-refractivity contribution in [3.8, 4) is 0 Å². The summed E-state index contributed by atoms with van der Waals surface area (Å²) in [6.45, 7) is 9.31. The first-order chi connectivity index (χ1) is 14.9. The summed E-state index contributed by atoms with van der Waals surface area (Å²) < 4.78 is 6.86. The van der Waals surface area contributed by atoms with E-state index in [1.165, 1.54) is 22.1 Å². The molecule has 3 aromatic rings. The maximum atomic E-state index is 12.7. The summed E-state index contributed by atoms with van der Waals surface area (Å²) in [6, 6.07) is 8.63. The largest absolute Gasteiger partial charge is 0.442 e. The van der Waals surface area contributed by atoms with Gasteiger partial charge in [0.25, 0.3) is 11.5 Å². The molecule has 1 aliphatic heterocycles. The van der Waals surface area contributed by atoms with Crippen LogP contribution in [0.25, 0.3) is 11.1 Å². The van der Waals surface area contributed by atoms with Crippen LogP contribution < -0.4 is 15.8 Å². The second-order valence-corrected chi connectivity index (χ2v) is 8.15. The molecular formula is C23H29N5O3. The molecule has 164 valence electrons. The number of piperazine rings is 1. The van der Waals surface area contributed by atoms with Crippen LogP contribution in [0.2, 0.25) is 0 Å². The molecule has 0 unspecified atom stereocenters. The number of nitrogens with one attached hydrogen (secondary N) is 1. The molecule has 8 heteroatoms. The molecule has 1 fully saturated rings. The summed E-state index contributed by atoms with van der Waals surface area (Å²) in [5.41, 5.74) is 2.78. The van der Waals surface area contributed by atoms with Gasteiger partial charge in [0, 0.05) is 45.5 Å². The van der Waals surface area contributed by atoms with Gasteiger partial charge in [-0.3, -0.25) is 14.5 Å². The highest BCUT2D eigenvalue weighted by Crippen LogP contribution is 2.21. The molecule has 4 rings (SSSR count).